The third-order valence-electron chi connectivity index (χ3n) is 2.30. The van der Waals surface area contributed by atoms with Gasteiger partial charge in [-0.1, -0.05) is 0 Å². The Morgan fingerprint density at radius 3 is 2.74 bits per heavy atom. The molecular weight excluding hydrogens is 268 g/mol. The number of hydrogen-bond donors (Lipinski definition) is 4. The van der Waals surface area contributed by atoms with E-state index in [1.807, 2.05) is 6.26 Å². The van der Waals surface area contributed by atoms with Gasteiger partial charge in [0.25, 0.3) is 0 Å². The summed E-state index contributed by atoms with van der Waals surface area (Å²) >= 11 is 1.70. The van der Waals surface area contributed by atoms with Crippen molar-refractivity contribution in [1.82, 2.24) is 5.32 Å². The highest BCUT2D eigenvalue weighted by atomic mass is 32.2. The monoisotopic (exact) mass is 284 g/mol. The van der Waals surface area contributed by atoms with Crippen LogP contribution in [0.5, 0.6) is 5.75 Å². The molecule has 6 nitrogen and oxygen atoms in total. The Kier molecular flexibility index (Phi) is 6.01. The second kappa shape index (κ2) is 7.52. The summed E-state index contributed by atoms with van der Waals surface area (Å²) in [7, 11) is 0. The quantitative estimate of drug-likeness (QED) is 0.473. The maximum absolute atomic E-state index is 11.5. The van der Waals surface area contributed by atoms with Crippen molar-refractivity contribution < 1.29 is 19.8 Å². The molecule has 0 radical (unpaired) electrons. The first kappa shape index (κ1) is 15.2. The normalized spacial score (nSPS) is 9.95. The van der Waals surface area contributed by atoms with Gasteiger partial charge in [0.2, 0.25) is 0 Å². The number of carboxylic acid groups (broad SMARTS) is 1. The highest BCUT2D eigenvalue weighted by Crippen LogP contribution is 2.21. The fourth-order valence-corrected chi connectivity index (χ4v) is 1.81. The molecule has 7 heteroatoms. The Morgan fingerprint density at radius 1 is 1.37 bits per heavy atom. The molecule has 0 atom stereocenters. The van der Waals surface area contributed by atoms with Crippen LogP contribution in [-0.4, -0.2) is 40.8 Å². The largest absolute Gasteiger partial charge is 0.507 e. The van der Waals surface area contributed by atoms with Crippen LogP contribution in [0.15, 0.2) is 18.2 Å². The van der Waals surface area contributed by atoms with Crippen LogP contribution in [0.2, 0.25) is 0 Å². The zero-order valence-electron chi connectivity index (χ0n) is 10.5. The molecule has 4 N–H and O–H groups in total. The average molecular weight is 284 g/mol. The molecule has 0 unspecified atom stereocenters. The molecule has 0 heterocycles. The molecule has 19 heavy (non-hydrogen) atoms. The molecule has 0 aliphatic rings. The molecule has 1 aromatic carbocycles. The minimum Gasteiger partial charge on any atom is -0.507 e. The summed E-state index contributed by atoms with van der Waals surface area (Å²) in [6.45, 7) is 0.552. The minimum absolute atomic E-state index is 0.250. The van der Waals surface area contributed by atoms with Gasteiger partial charge in [0.15, 0.2) is 0 Å². The Hall–Kier alpha value is -1.89. The summed E-state index contributed by atoms with van der Waals surface area (Å²) in [6.07, 6.45) is 2.86. The molecule has 0 aliphatic heterocycles. The zero-order chi connectivity index (χ0) is 14.3. The Balaban J connectivity index is 2.55. The van der Waals surface area contributed by atoms with E-state index in [-0.39, 0.29) is 11.3 Å². The summed E-state index contributed by atoms with van der Waals surface area (Å²) in [4.78, 5) is 22.3. The second-order valence-corrected chi connectivity index (χ2v) is 4.75. The van der Waals surface area contributed by atoms with Crippen molar-refractivity contribution in [3.63, 3.8) is 0 Å². The van der Waals surface area contributed by atoms with Gasteiger partial charge in [0.05, 0.1) is 0 Å². The molecule has 0 aromatic heterocycles. The number of carbonyl (C=O) groups is 2. The maximum atomic E-state index is 11.5. The van der Waals surface area contributed by atoms with Crippen molar-refractivity contribution in [3.05, 3.63) is 23.8 Å². The van der Waals surface area contributed by atoms with Crippen LogP contribution in [-0.2, 0) is 0 Å². The van der Waals surface area contributed by atoms with Crippen LogP contribution >= 0.6 is 11.8 Å². The molecule has 0 saturated heterocycles. The molecule has 0 bridgehead atoms. The van der Waals surface area contributed by atoms with E-state index in [0.29, 0.717) is 12.2 Å². The average Bonchev–Trinajstić information content (AvgIpc) is 2.36. The smallest absolute Gasteiger partial charge is 0.339 e. The van der Waals surface area contributed by atoms with Crippen LogP contribution < -0.4 is 10.6 Å². The predicted molar refractivity (Wildman–Crippen MR) is 75.1 cm³/mol. The van der Waals surface area contributed by atoms with Crippen LogP contribution in [0.4, 0.5) is 10.5 Å². The first-order chi connectivity index (χ1) is 9.04. The number of carboxylic acids is 1. The van der Waals surface area contributed by atoms with E-state index < -0.39 is 12.0 Å². The lowest BCUT2D eigenvalue weighted by Crippen LogP contribution is -2.29. The second-order valence-electron chi connectivity index (χ2n) is 3.76. The lowest BCUT2D eigenvalue weighted by molar-refractivity contribution is 0.0693. The van der Waals surface area contributed by atoms with Gasteiger partial charge in [-0.25, -0.2) is 9.59 Å². The summed E-state index contributed by atoms with van der Waals surface area (Å²) in [5.41, 5.74) is 0.0674. The predicted octanol–water partition coefficient (Wildman–Crippen LogP) is 1.96. The van der Waals surface area contributed by atoms with Crippen molar-refractivity contribution in [2.75, 3.05) is 23.9 Å². The molecule has 0 aliphatic carbocycles. The first-order valence-electron chi connectivity index (χ1n) is 5.64. The number of hydrogen-bond acceptors (Lipinski definition) is 4. The van der Waals surface area contributed by atoms with Crippen molar-refractivity contribution in [1.29, 1.82) is 0 Å². The highest BCUT2D eigenvalue weighted by molar-refractivity contribution is 7.98. The van der Waals surface area contributed by atoms with E-state index in [1.165, 1.54) is 18.2 Å². The number of amides is 2. The van der Waals surface area contributed by atoms with Gasteiger partial charge in [-0.05, 0) is 36.6 Å². The Labute approximate surface area is 115 Å². The highest BCUT2D eigenvalue weighted by Gasteiger charge is 2.11. The van der Waals surface area contributed by atoms with E-state index in [2.05, 4.69) is 10.6 Å². The van der Waals surface area contributed by atoms with Gasteiger partial charge in [-0.2, -0.15) is 11.8 Å². The number of anilines is 1. The van der Waals surface area contributed by atoms with Gasteiger partial charge >= 0.3 is 12.0 Å². The number of aromatic carboxylic acids is 1. The standard InChI is InChI=1S/C12H16N2O4S/c1-19-6-2-5-13-12(18)14-8-3-4-10(15)9(7-8)11(16)17/h3-4,7,15H,2,5-6H2,1H3,(H,16,17)(H2,13,14,18). The fraction of sp³-hybridized carbons (Fsp3) is 0.333. The van der Waals surface area contributed by atoms with Crippen molar-refractivity contribution >= 4 is 29.4 Å². The third-order valence-corrected chi connectivity index (χ3v) is 2.99. The van der Waals surface area contributed by atoms with Crippen LogP contribution in [0, 0.1) is 0 Å². The van der Waals surface area contributed by atoms with Gasteiger partial charge in [-0.15, -0.1) is 0 Å². The minimum atomic E-state index is -1.25. The van der Waals surface area contributed by atoms with E-state index in [0.717, 1.165) is 12.2 Å². The van der Waals surface area contributed by atoms with Gasteiger partial charge in [0.1, 0.15) is 11.3 Å². The third kappa shape index (κ3) is 5.09. The van der Waals surface area contributed by atoms with Crippen LogP contribution in [0.1, 0.15) is 16.8 Å². The van der Waals surface area contributed by atoms with E-state index in [1.54, 1.807) is 11.8 Å². The zero-order valence-corrected chi connectivity index (χ0v) is 11.3. The lowest BCUT2D eigenvalue weighted by Gasteiger charge is -2.08. The number of nitrogens with one attached hydrogen (secondary N) is 2. The Morgan fingerprint density at radius 2 is 2.11 bits per heavy atom. The van der Waals surface area contributed by atoms with Crippen molar-refractivity contribution in [2.45, 2.75) is 6.42 Å². The summed E-state index contributed by atoms with van der Waals surface area (Å²) in [5, 5.41) is 23.3. The summed E-state index contributed by atoms with van der Waals surface area (Å²) in [5.74, 6) is -0.622. The topological polar surface area (TPSA) is 98.7 Å². The van der Waals surface area contributed by atoms with Crippen LogP contribution in [0.25, 0.3) is 0 Å². The molecule has 1 aromatic rings. The number of urea groups is 1. The van der Waals surface area contributed by atoms with Gasteiger partial charge in [0, 0.05) is 12.2 Å². The maximum Gasteiger partial charge on any atom is 0.339 e. The number of carbonyl (C=O) groups excluding carboxylic acids is 1. The lowest BCUT2D eigenvalue weighted by atomic mass is 10.2. The molecular formula is C12H16N2O4S. The van der Waals surface area contributed by atoms with E-state index in [4.69, 9.17) is 5.11 Å². The SMILES string of the molecule is CSCCCNC(=O)Nc1ccc(O)c(C(=O)O)c1. The molecule has 0 spiro atoms. The molecule has 2 amide bonds. The van der Waals surface area contributed by atoms with Crippen molar-refractivity contribution in [3.8, 4) is 5.75 Å². The van der Waals surface area contributed by atoms with Crippen molar-refractivity contribution in [2.24, 2.45) is 0 Å². The fourth-order valence-electron chi connectivity index (χ4n) is 1.38. The molecule has 0 saturated carbocycles. The summed E-state index contributed by atoms with van der Waals surface area (Å²) in [6, 6.07) is 3.47. The summed E-state index contributed by atoms with van der Waals surface area (Å²) < 4.78 is 0. The van der Waals surface area contributed by atoms with Gasteiger partial charge < -0.3 is 20.8 Å². The number of aromatic hydroxyl groups is 1. The molecule has 104 valence electrons. The number of thioether (sulfide) groups is 1. The Bertz CT molecular complexity index is 465. The van der Waals surface area contributed by atoms with E-state index in [9.17, 15) is 14.7 Å². The number of benzene rings is 1. The number of phenols is 1. The molecule has 1 rings (SSSR count). The number of rotatable bonds is 6. The van der Waals surface area contributed by atoms with E-state index >= 15 is 0 Å². The molecule has 0 fully saturated rings. The van der Waals surface area contributed by atoms with Gasteiger partial charge in [-0.3, -0.25) is 0 Å². The first-order valence-corrected chi connectivity index (χ1v) is 7.04. The van der Waals surface area contributed by atoms with Crippen LogP contribution in [0.3, 0.4) is 0 Å².